The van der Waals surface area contributed by atoms with Gasteiger partial charge in [0.25, 0.3) is 0 Å². The molecule has 1 fully saturated rings. The predicted octanol–water partition coefficient (Wildman–Crippen LogP) is 4.06. The van der Waals surface area contributed by atoms with Gasteiger partial charge in [-0.1, -0.05) is 47.3 Å². The van der Waals surface area contributed by atoms with Crippen LogP contribution in [-0.4, -0.2) is 24.9 Å². The number of nitrogens with zero attached hydrogens (tertiary/aromatic N) is 5. The van der Waals surface area contributed by atoms with Crippen LogP contribution in [0.2, 0.25) is 0 Å². The molecular formula is C20H19N5O2S. The van der Waals surface area contributed by atoms with Crippen molar-refractivity contribution in [3.05, 3.63) is 77.6 Å². The van der Waals surface area contributed by atoms with Gasteiger partial charge >= 0.3 is 0 Å². The van der Waals surface area contributed by atoms with E-state index in [0.29, 0.717) is 36.4 Å². The van der Waals surface area contributed by atoms with E-state index in [-0.39, 0.29) is 0 Å². The summed E-state index contributed by atoms with van der Waals surface area (Å²) < 4.78 is 13.1. The van der Waals surface area contributed by atoms with E-state index < -0.39 is 0 Å². The van der Waals surface area contributed by atoms with E-state index >= 15 is 0 Å². The fourth-order valence-electron chi connectivity index (χ4n) is 3.08. The zero-order valence-electron chi connectivity index (χ0n) is 15.2. The Morgan fingerprint density at radius 3 is 2.75 bits per heavy atom. The van der Waals surface area contributed by atoms with E-state index in [1.807, 2.05) is 30.3 Å². The van der Waals surface area contributed by atoms with Crippen LogP contribution in [0.25, 0.3) is 0 Å². The molecule has 3 aromatic heterocycles. The molecule has 1 aromatic carbocycles. The Morgan fingerprint density at radius 1 is 1.07 bits per heavy atom. The molecule has 0 radical (unpaired) electrons. The van der Waals surface area contributed by atoms with Gasteiger partial charge in [0, 0.05) is 12.3 Å². The van der Waals surface area contributed by atoms with Crippen LogP contribution in [0.5, 0.6) is 0 Å². The van der Waals surface area contributed by atoms with E-state index in [0.717, 1.165) is 22.3 Å². The highest BCUT2D eigenvalue weighted by Gasteiger charge is 2.30. The zero-order valence-corrected chi connectivity index (χ0v) is 16.0. The molecule has 0 aliphatic heterocycles. The fourth-order valence-corrected chi connectivity index (χ4v) is 3.86. The summed E-state index contributed by atoms with van der Waals surface area (Å²) in [7, 11) is 0. The van der Waals surface area contributed by atoms with Crippen molar-refractivity contribution in [2.45, 2.75) is 42.6 Å². The van der Waals surface area contributed by atoms with Gasteiger partial charge in [0.15, 0.2) is 11.0 Å². The molecule has 7 nitrogen and oxygen atoms in total. The summed E-state index contributed by atoms with van der Waals surface area (Å²) in [4.78, 5) is 4.51. The smallest absolute Gasteiger partial charge is 0.237 e. The molecule has 0 bridgehead atoms. The second kappa shape index (κ2) is 7.63. The number of hydrogen-bond donors (Lipinski definition) is 0. The maximum Gasteiger partial charge on any atom is 0.237 e. The van der Waals surface area contributed by atoms with Crippen LogP contribution < -0.4 is 0 Å². The van der Waals surface area contributed by atoms with Gasteiger partial charge in [0.05, 0.1) is 18.6 Å². The molecule has 4 aromatic rings. The van der Waals surface area contributed by atoms with E-state index in [1.165, 1.54) is 12.8 Å². The molecule has 8 heteroatoms. The van der Waals surface area contributed by atoms with Crippen LogP contribution in [-0.2, 0) is 18.7 Å². The lowest BCUT2D eigenvalue weighted by atomic mass is 10.1. The first-order valence-corrected chi connectivity index (χ1v) is 10.3. The van der Waals surface area contributed by atoms with Crippen molar-refractivity contribution >= 4 is 11.8 Å². The Balaban J connectivity index is 1.28. The SMILES string of the molecule is c1ccc(Cc2noc(CSc3nnc(C4CC4)n3Cc3ccco3)n2)cc1. The van der Waals surface area contributed by atoms with Crippen LogP contribution in [0, 0.1) is 0 Å². The van der Waals surface area contributed by atoms with Crippen LogP contribution >= 0.6 is 11.8 Å². The van der Waals surface area contributed by atoms with Gasteiger partial charge < -0.3 is 8.94 Å². The number of hydrogen-bond acceptors (Lipinski definition) is 7. The lowest BCUT2D eigenvalue weighted by Crippen LogP contribution is -2.05. The van der Waals surface area contributed by atoms with Crippen molar-refractivity contribution < 1.29 is 8.94 Å². The van der Waals surface area contributed by atoms with Gasteiger partial charge in [0.2, 0.25) is 5.89 Å². The van der Waals surface area contributed by atoms with E-state index in [4.69, 9.17) is 8.94 Å². The lowest BCUT2D eigenvalue weighted by Gasteiger charge is -2.07. The Bertz CT molecular complexity index is 1040. The number of thioether (sulfide) groups is 1. The molecule has 1 aliphatic carbocycles. The minimum absolute atomic E-state index is 0.512. The van der Waals surface area contributed by atoms with E-state index in [9.17, 15) is 0 Å². The molecule has 142 valence electrons. The summed E-state index contributed by atoms with van der Waals surface area (Å²) in [5, 5.41) is 13.7. The van der Waals surface area contributed by atoms with Crippen molar-refractivity contribution in [2.24, 2.45) is 0 Å². The summed E-state index contributed by atoms with van der Waals surface area (Å²) in [6.07, 6.45) is 4.70. The second-order valence-electron chi connectivity index (χ2n) is 6.84. The third-order valence-corrected chi connectivity index (χ3v) is 5.57. The Labute approximate surface area is 166 Å². The Morgan fingerprint density at radius 2 is 1.96 bits per heavy atom. The van der Waals surface area contributed by atoms with Crippen LogP contribution in [0.3, 0.4) is 0 Å². The first-order chi connectivity index (χ1) is 13.8. The molecule has 0 N–H and O–H groups in total. The van der Waals surface area contributed by atoms with Crippen molar-refractivity contribution in [3.8, 4) is 0 Å². The largest absolute Gasteiger partial charge is 0.467 e. The third kappa shape index (κ3) is 3.87. The highest BCUT2D eigenvalue weighted by molar-refractivity contribution is 7.98. The normalized spacial score (nSPS) is 13.9. The second-order valence-corrected chi connectivity index (χ2v) is 7.78. The molecule has 3 heterocycles. The standard InChI is InChI=1S/C20H19N5O2S/c1-2-5-14(6-3-1)11-17-21-18(27-24-17)13-28-20-23-22-19(15-8-9-15)25(20)12-16-7-4-10-26-16/h1-7,10,15H,8-9,11-13H2. The monoisotopic (exact) mass is 393 g/mol. The highest BCUT2D eigenvalue weighted by Crippen LogP contribution is 2.40. The van der Waals surface area contributed by atoms with Crippen molar-refractivity contribution in [2.75, 3.05) is 0 Å². The Kier molecular flexibility index (Phi) is 4.70. The topological polar surface area (TPSA) is 82.8 Å². The maximum atomic E-state index is 5.51. The quantitative estimate of drug-likeness (QED) is 0.417. The molecule has 28 heavy (non-hydrogen) atoms. The highest BCUT2D eigenvalue weighted by atomic mass is 32.2. The fraction of sp³-hybridized carbons (Fsp3) is 0.300. The molecule has 5 rings (SSSR count). The molecule has 0 spiro atoms. The number of benzene rings is 1. The number of rotatable bonds is 8. The maximum absolute atomic E-state index is 5.51. The van der Waals surface area contributed by atoms with E-state index in [2.05, 4.69) is 37.0 Å². The van der Waals surface area contributed by atoms with Crippen molar-refractivity contribution in [1.82, 2.24) is 24.9 Å². The van der Waals surface area contributed by atoms with Gasteiger partial charge in [-0.2, -0.15) is 4.98 Å². The third-order valence-electron chi connectivity index (χ3n) is 4.62. The van der Waals surface area contributed by atoms with Crippen LogP contribution in [0.4, 0.5) is 0 Å². The first kappa shape index (κ1) is 17.2. The van der Waals surface area contributed by atoms with Gasteiger partial charge in [-0.3, -0.25) is 4.57 Å². The predicted molar refractivity (Wildman–Crippen MR) is 103 cm³/mol. The molecule has 0 saturated heterocycles. The minimum Gasteiger partial charge on any atom is -0.467 e. The zero-order chi connectivity index (χ0) is 18.8. The van der Waals surface area contributed by atoms with Crippen molar-refractivity contribution in [1.29, 1.82) is 0 Å². The minimum atomic E-state index is 0.512. The average molecular weight is 393 g/mol. The van der Waals surface area contributed by atoms with Gasteiger partial charge in [-0.25, -0.2) is 0 Å². The van der Waals surface area contributed by atoms with Gasteiger partial charge in [-0.15, -0.1) is 10.2 Å². The molecule has 1 aliphatic rings. The summed E-state index contributed by atoms with van der Waals surface area (Å²) in [6, 6.07) is 14.0. The van der Waals surface area contributed by atoms with Crippen molar-refractivity contribution in [3.63, 3.8) is 0 Å². The summed E-state index contributed by atoms with van der Waals surface area (Å²) in [5.41, 5.74) is 1.16. The van der Waals surface area contributed by atoms with Crippen LogP contribution in [0.15, 0.2) is 62.8 Å². The summed E-state index contributed by atoms with van der Waals surface area (Å²) in [6.45, 7) is 0.636. The summed E-state index contributed by atoms with van der Waals surface area (Å²) >= 11 is 1.56. The average Bonchev–Trinajstić information content (AvgIpc) is 3.09. The first-order valence-electron chi connectivity index (χ1n) is 9.29. The summed E-state index contributed by atoms with van der Waals surface area (Å²) in [5.74, 6) is 4.29. The van der Waals surface area contributed by atoms with E-state index in [1.54, 1.807) is 18.0 Å². The van der Waals surface area contributed by atoms with Gasteiger partial charge in [-0.05, 0) is 30.5 Å². The molecule has 1 saturated carbocycles. The van der Waals surface area contributed by atoms with Crippen LogP contribution in [0.1, 0.15) is 47.6 Å². The lowest BCUT2D eigenvalue weighted by molar-refractivity contribution is 0.385. The molecule has 0 unspecified atom stereocenters. The van der Waals surface area contributed by atoms with Gasteiger partial charge in [0.1, 0.15) is 11.6 Å². The molecule has 0 amide bonds. The molecule has 0 atom stereocenters. The Hall–Kier alpha value is -2.87. The molecular weight excluding hydrogens is 374 g/mol. The number of aromatic nitrogens is 5. The number of furan rings is 1.